The van der Waals surface area contributed by atoms with Crippen LogP contribution in [0.3, 0.4) is 0 Å². The molecule has 4 heteroatoms. The topological polar surface area (TPSA) is 12.0 Å². The molecule has 1 saturated carbocycles. The molecule has 1 unspecified atom stereocenters. The SMILES string of the molecule is CCNC(CCCC(F)(F)F)C1CCCC1. The van der Waals surface area contributed by atoms with Crippen molar-refractivity contribution in [2.75, 3.05) is 6.54 Å². The Balaban J connectivity index is 2.27. The van der Waals surface area contributed by atoms with E-state index in [0.717, 1.165) is 6.54 Å². The maximum absolute atomic E-state index is 12.0. The van der Waals surface area contributed by atoms with Crippen molar-refractivity contribution >= 4 is 0 Å². The Kier molecular flexibility index (Phi) is 5.59. The molecule has 0 amide bonds. The number of halogens is 3. The van der Waals surface area contributed by atoms with Crippen LogP contribution in [-0.4, -0.2) is 18.8 Å². The maximum Gasteiger partial charge on any atom is 0.389 e. The fourth-order valence-electron chi connectivity index (χ4n) is 2.65. The Morgan fingerprint density at radius 2 is 1.88 bits per heavy atom. The first-order valence-electron chi connectivity index (χ1n) is 6.33. The molecule has 1 atom stereocenters. The van der Waals surface area contributed by atoms with E-state index in [1.165, 1.54) is 25.7 Å². The van der Waals surface area contributed by atoms with Gasteiger partial charge in [0.25, 0.3) is 0 Å². The Labute approximate surface area is 95.8 Å². The summed E-state index contributed by atoms with van der Waals surface area (Å²) in [6, 6.07) is 0.301. The second kappa shape index (κ2) is 6.48. The highest BCUT2D eigenvalue weighted by molar-refractivity contribution is 4.80. The van der Waals surface area contributed by atoms with Crippen LogP contribution in [0.15, 0.2) is 0 Å². The molecule has 16 heavy (non-hydrogen) atoms. The smallest absolute Gasteiger partial charge is 0.314 e. The molecule has 0 saturated heterocycles. The maximum atomic E-state index is 12.0. The van der Waals surface area contributed by atoms with E-state index in [9.17, 15) is 13.2 Å². The Bertz CT molecular complexity index is 185. The molecule has 1 rings (SSSR count). The lowest BCUT2D eigenvalue weighted by molar-refractivity contribution is -0.136. The van der Waals surface area contributed by atoms with Gasteiger partial charge in [0.05, 0.1) is 0 Å². The largest absolute Gasteiger partial charge is 0.389 e. The van der Waals surface area contributed by atoms with Crippen molar-refractivity contribution in [1.29, 1.82) is 0 Å². The summed E-state index contributed by atoms with van der Waals surface area (Å²) in [7, 11) is 0. The molecule has 1 aliphatic rings. The van der Waals surface area contributed by atoms with E-state index in [4.69, 9.17) is 0 Å². The molecule has 1 N–H and O–H groups in total. The van der Waals surface area contributed by atoms with Gasteiger partial charge in [0.2, 0.25) is 0 Å². The number of rotatable bonds is 6. The van der Waals surface area contributed by atoms with E-state index >= 15 is 0 Å². The molecule has 0 aliphatic heterocycles. The highest BCUT2D eigenvalue weighted by Crippen LogP contribution is 2.31. The monoisotopic (exact) mass is 237 g/mol. The summed E-state index contributed by atoms with van der Waals surface area (Å²) in [6.45, 7) is 2.87. The normalized spacial score (nSPS) is 20.2. The number of hydrogen-bond acceptors (Lipinski definition) is 1. The van der Waals surface area contributed by atoms with Gasteiger partial charge in [-0.2, -0.15) is 13.2 Å². The molecule has 0 spiro atoms. The van der Waals surface area contributed by atoms with Gasteiger partial charge >= 0.3 is 6.18 Å². The third-order valence-corrected chi connectivity index (χ3v) is 3.41. The summed E-state index contributed by atoms with van der Waals surface area (Å²) in [4.78, 5) is 0. The molecular weight excluding hydrogens is 215 g/mol. The second-order valence-corrected chi connectivity index (χ2v) is 4.72. The molecule has 0 radical (unpaired) electrons. The average Bonchev–Trinajstić information content (AvgIpc) is 2.67. The van der Waals surface area contributed by atoms with Crippen LogP contribution in [0.25, 0.3) is 0 Å². The van der Waals surface area contributed by atoms with Gasteiger partial charge in [-0.3, -0.25) is 0 Å². The summed E-state index contributed by atoms with van der Waals surface area (Å²) >= 11 is 0. The van der Waals surface area contributed by atoms with E-state index in [0.29, 0.717) is 18.4 Å². The van der Waals surface area contributed by atoms with Crippen LogP contribution < -0.4 is 5.32 Å². The summed E-state index contributed by atoms with van der Waals surface area (Å²) in [5, 5.41) is 3.34. The average molecular weight is 237 g/mol. The third-order valence-electron chi connectivity index (χ3n) is 3.41. The van der Waals surface area contributed by atoms with E-state index in [2.05, 4.69) is 5.32 Å². The Hall–Kier alpha value is -0.250. The second-order valence-electron chi connectivity index (χ2n) is 4.72. The Morgan fingerprint density at radius 3 is 2.38 bits per heavy atom. The zero-order valence-electron chi connectivity index (χ0n) is 9.95. The van der Waals surface area contributed by atoms with Gasteiger partial charge in [-0.15, -0.1) is 0 Å². The van der Waals surface area contributed by atoms with Crippen molar-refractivity contribution < 1.29 is 13.2 Å². The van der Waals surface area contributed by atoms with Crippen molar-refractivity contribution in [2.24, 2.45) is 5.92 Å². The summed E-state index contributed by atoms with van der Waals surface area (Å²) in [5.41, 5.74) is 0. The molecule has 0 heterocycles. The van der Waals surface area contributed by atoms with Crippen LogP contribution in [0, 0.1) is 5.92 Å². The van der Waals surface area contributed by atoms with Gasteiger partial charge in [0.15, 0.2) is 0 Å². The lowest BCUT2D eigenvalue weighted by atomic mass is 9.93. The van der Waals surface area contributed by atoms with Crippen molar-refractivity contribution in [3.8, 4) is 0 Å². The van der Waals surface area contributed by atoms with Gasteiger partial charge in [0.1, 0.15) is 0 Å². The highest BCUT2D eigenvalue weighted by Gasteiger charge is 2.29. The lowest BCUT2D eigenvalue weighted by Gasteiger charge is -2.24. The molecule has 0 bridgehead atoms. The lowest BCUT2D eigenvalue weighted by Crippen LogP contribution is -2.35. The van der Waals surface area contributed by atoms with Crippen LogP contribution in [-0.2, 0) is 0 Å². The molecule has 1 aliphatic carbocycles. The van der Waals surface area contributed by atoms with Crippen molar-refractivity contribution in [3.05, 3.63) is 0 Å². The summed E-state index contributed by atoms with van der Waals surface area (Å²) in [5.74, 6) is 0.605. The van der Waals surface area contributed by atoms with Crippen LogP contribution >= 0.6 is 0 Å². The molecule has 1 fully saturated rings. The van der Waals surface area contributed by atoms with Crippen molar-refractivity contribution in [3.63, 3.8) is 0 Å². The van der Waals surface area contributed by atoms with Crippen LogP contribution in [0.5, 0.6) is 0 Å². The third kappa shape index (κ3) is 5.19. The van der Waals surface area contributed by atoms with Crippen LogP contribution in [0.4, 0.5) is 13.2 Å². The van der Waals surface area contributed by atoms with Gasteiger partial charge < -0.3 is 5.32 Å². The standard InChI is InChI=1S/C12H22F3N/c1-2-16-11(10-6-3-4-7-10)8-5-9-12(13,14)15/h10-11,16H,2-9H2,1H3. The van der Waals surface area contributed by atoms with E-state index in [1.807, 2.05) is 6.92 Å². The molecule has 96 valence electrons. The van der Waals surface area contributed by atoms with E-state index < -0.39 is 12.6 Å². The fourth-order valence-corrected chi connectivity index (χ4v) is 2.65. The molecule has 0 aromatic heterocycles. The van der Waals surface area contributed by atoms with Gasteiger partial charge in [-0.05, 0) is 38.1 Å². The van der Waals surface area contributed by atoms with Crippen molar-refractivity contribution in [2.45, 2.75) is 64.1 Å². The zero-order chi connectivity index (χ0) is 12.0. The quantitative estimate of drug-likeness (QED) is 0.739. The van der Waals surface area contributed by atoms with Gasteiger partial charge in [-0.25, -0.2) is 0 Å². The fraction of sp³-hybridized carbons (Fsp3) is 1.00. The molecule has 0 aromatic rings. The molecule has 0 aromatic carbocycles. The van der Waals surface area contributed by atoms with Gasteiger partial charge in [-0.1, -0.05) is 19.8 Å². The van der Waals surface area contributed by atoms with Crippen LogP contribution in [0.2, 0.25) is 0 Å². The summed E-state index contributed by atoms with van der Waals surface area (Å²) in [6.07, 6.45) is 1.15. The number of alkyl halides is 3. The zero-order valence-corrected chi connectivity index (χ0v) is 9.95. The number of nitrogens with one attached hydrogen (secondary N) is 1. The first kappa shape index (κ1) is 13.8. The first-order chi connectivity index (χ1) is 7.53. The molecular formula is C12H22F3N. The van der Waals surface area contributed by atoms with Crippen LogP contribution in [0.1, 0.15) is 51.9 Å². The first-order valence-corrected chi connectivity index (χ1v) is 6.33. The summed E-state index contributed by atoms with van der Waals surface area (Å²) < 4.78 is 36.1. The molecule has 1 nitrogen and oxygen atoms in total. The van der Waals surface area contributed by atoms with Crippen molar-refractivity contribution in [1.82, 2.24) is 5.32 Å². The predicted octanol–water partition coefficient (Wildman–Crippen LogP) is 3.89. The predicted molar refractivity (Wildman–Crippen MR) is 59.3 cm³/mol. The van der Waals surface area contributed by atoms with E-state index in [1.54, 1.807) is 0 Å². The minimum absolute atomic E-state index is 0.262. The minimum atomic E-state index is -3.99. The Morgan fingerprint density at radius 1 is 1.25 bits per heavy atom. The van der Waals surface area contributed by atoms with Gasteiger partial charge in [0, 0.05) is 12.5 Å². The minimum Gasteiger partial charge on any atom is -0.314 e. The highest BCUT2D eigenvalue weighted by atomic mass is 19.4. The number of hydrogen-bond donors (Lipinski definition) is 1. The van der Waals surface area contributed by atoms with E-state index in [-0.39, 0.29) is 6.42 Å².